The van der Waals surface area contributed by atoms with Gasteiger partial charge in [0.1, 0.15) is 0 Å². The van der Waals surface area contributed by atoms with Gasteiger partial charge in [-0.2, -0.15) is 0 Å². The molecule has 1 heterocycles. The van der Waals surface area contributed by atoms with Crippen LogP contribution in [0, 0.1) is 0 Å². The molecule has 0 radical (unpaired) electrons. The number of nitrogens with two attached hydrogens (primary N) is 1. The summed E-state index contributed by atoms with van der Waals surface area (Å²) in [5.74, 6) is -0.101. The predicted octanol–water partition coefficient (Wildman–Crippen LogP) is 0.923. The molecule has 82 valence electrons. The lowest BCUT2D eigenvalue weighted by molar-refractivity contribution is 0.0955. The topological polar surface area (TPSA) is 68.0 Å². The number of nitrogens with zero attached hydrogens (tertiary/aromatic N) is 1. The summed E-state index contributed by atoms with van der Waals surface area (Å²) in [5, 5.41) is 3.69. The molecule has 0 fully saturated rings. The van der Waals surface area contributed by atoms with Crippen LogP contribution in [-0.4, -0.2) is 24.0 Å². The molecule has 0 aliphatic heterocycles. The summed E-state index contributed by atoms with van der Waals surface area (Å²) < 4.78 is 0. The Morgan fingerprint density at radius 1 is 1.38 bits per heavy atom. The fourth-order valence-electron chi connectivity index (χ4n) is 1.50. The molecule has 1 aromatic carbocycles. The Balaban J connectivity index is 2.28. The number of hydrogen-bond acceptors (Lipinski definition) is 3. The largest absolute Gasteiger partial charge is 0.351 e. The number of pyridine rings is 1. The number of hydrogen-bond donors (Lipinski definition) is 2. The van der Waals surface area contributed by atoms with Gasteiger partial charge in [0.2, 0.25) is 0 Å². The Morgan fingerprint density at radius 3 is 3.06 bits per heavy atom. The molecule has 4 nitrogen and oxygen atoms in total. The van der Waals surface area contributed by atoms with Gasteiger partial charge >= 0.3 is 0 Å². The van der Waals surface area contributed by atoms with E-state index >= 15 is 0 Å². The van der Waals surface area contributed by atoms with Gasteiger partial charge in [-0.1, -0.05) is 6.07 Å². The van der Waals surface area contributed by atoms with Gasteiger partial charge in [0.15, 0.2) is 0 Å². The molecule has 0 unspecified atom stereocenters. The number of aromatic nitrogens is 1. The van der Waals surface area contributed by atoms with Gasteiger partial charge in [0.05, 0.1) is 5.52 Å². The molecule has 0 saturated carbocycles. The highest BCUT2D eigenvalue weighted by Crippen LogP contribution is 2.12. The maximum Gasteiger partial charge on any atom is 0.251 e. The zero-order valence-corrected chi connectivity index (χ0v) is 8.81. The van der Waals surface area contributed by atoms with E-state index in [1.807, 2.05) is 24.3 Å². The molecule has 2 rings (SSSR count). The van der Waals surface area contributed by atoms with E-state index in [9.17, 15) is 4.79 Å². The second-order valence-corrected chi connectivity index (χ2v) is 3.46. The van der Waals surface area contributed by atoms with Crippen molar-refractivity contribution in [1.82, 2.24) is 10.3 Å². The normalized spacial score (nSPS) is 10.3. The molecule has 2 aromatic rings. The zero-order valence-electron chi connectivity index (χ0n) is 8.81. The van der Waals surface area contributed by atoms with Crippen LogP contribution in [0.1, 0.15) is 10.4 Å². The minimum atomic E-state index is -0.101. The predicted molar refractivity (Wildman–Crippen MR) is 63.1 cm³/mol. The second kappa shape index (κ2) is 4.72. The average Bonchev–Trinajstić information content (AvgIpc) is 2.35. The molecule has 4 heteroatoms. The van der Waals surface area contributed by atoms with E-state index in [0.29, 0.717) is 18.7 Å². The standard InChI is InChI=1S/C12H13N3O/c13-5-7-15-12(16)10-3-4-11-9(8-10)2-1-6-14-11/h1-4,6,8H,5,7,13H2,(H,15,16). The van der Waals surface area contributed by atoms with Crippen LogP contribution in [0.25, 0.3) is 10.9 Å². The van der Waals surface area contributed by atoms with Crippen LogP contribution in [-0.2, 0) is 0 Å². The summed E-state index contributed by atoms with van der Waals surface area (Å²) in [6, 6.07) is 9.22. The first kappa shape index (κ1) is 10.6. The van der Waals surface area contributed by atoms with E-state index in [1.165, 1.54) is 0 Å². The first-order chi connectivity index (χ1) is 7.81. The first-order valence-corrected chi connectivity index (χ1v) is 5.14. The van der Waals surface area contributed by atoms with E-state index in [2.05, 4.69) is 10.3 Å². The first-order valence-electron chi connectivity index (χ1n) is 5.14. The maximum atomic E-state index is 11.7. The third-order valence-corrected chi connectivity index (χ3v) is 2.30. The highest BCUT2D eigenvalue weighted by atomic mass is 16.1. The highest BCUT2D eigenvalue weighted by Gasteiger charge is 2.05. The molecular formula is C12H13N3O. The molecule has 0 spiro atoms. The molecule has 0 atom stereocenters. The SMILES string of the molecule is NCCNC(=O)c1ccc2ncccc2c1. The van der Waals surface area contributed by atoms with E-state index in [0.717, 1.165) is 10.9 Å². The van der Waals surface area contributed by atoms with Gasteiger partial charge < -0.3 is 11.1 Å². The Labute approximate surface area is 93.5 Å². The fourth-order valence-corrected chi connectivity index (χ4v) is 1.50. The fraction of sp³-hybridized carbons (Fsp3) is 0.167. The minimum absolute atomic E-state index is 0.101. The minimum Gasteiger partial charge on any atom is -0.351 e. The van der Waals surface area contributed by atoms with Crippen molar-refractivity contribution in [3.05, 3.63) is 42.1 Å². The zero-order chi connectivity index (χ0) is 11.4. The Kier molecular flexibility index (Phi) is 3.12. The average molecular weight is 215 g/mol. The summed E-state index contributed by atoms with van der Waals surface area (Å²) in [7, 11) is 0. The van der Waals surface area contributed by atoms with Gasteiger partial charge in [-0.25, -0.2) is 0 Å². The van der Waals surface area contributed by atoms with E-state index < -0.39 is 0 Å². The number of amides is 1. The summed E-state index contributed by atoms with van der Waals surface area (Å²) in [6.45, 7) is 0.935. The molecule has 3 N–H and O–H groups in total. The maximum absolute atomic E-state index is 11.7. The summed E-state index contributed by atoms with van der Waals surface area (Å²) in [5.41, 5.74) is 6.84. The van der Waals surface area contributed by atoms with Crippen molar-refractivity contribution in [2.75, 3.05) is 13.1 Å². The third-order valence-electron chi connectivity index (χ3n) is 2.30. The lowest BCUT2D eigenvalue weighted by Crippen LogP contribution is -2.28. The van der Waals surface area contributed by atoms with Crippen LogP contribution in [0.3, 0.4) is 0 Å². The summed E-state index contributed by atoms with van der Waals surface area (Å²) >= 11 is 0. The smallest absolute Gasteiger partial charge is 0.251 e. The monoisotopic (exact) mass is 215 g/mol. The third kappa shape index (κ3) is 2.17. The summed E-state index contributed by atoms with van der Waals surface area (Å²) in [4.78, 5) is 15.9. The van der Waals surface area contributed by atoms with Gasteiger partial charge in [0, 0.05) is 30.2 Å². The molecule has 0 aliphatic rings. The number of nitrogens with one attached hydrogen (secondary N) is 1. The van der Waals surface area contributed by atoms with Crippen LogP contribution >= 0.6 is 0 Å². The Bertz CT molecular complexity index is 510. The quantitative estimate of drug-likeness (QED) is 0.800. The Hall–Kier alpha value is -1.94. The molecular weight excluding hydrogens is 202 g/mol. The van der Waals surface area contributed by atoms with Gasteiger partial charge in [-0.3, -0.25) is 9.78 Å². The lowest BCUT2D eigenvalue weighted by Gasteiger charge is -2.04. The number of fused-ring (bicyclic) bond motifs is 1. The van der Waals surface area contributed by atoms with Crippen molar-refractivity contribution in [2.24, 2.45) is 5.73 Å². The van der Waals surface area contributed by atoms with Crippen molar-refractivity contribution in [1.29, 1.82) is 0 Å². The highest BCUT2D eigenvalue weighted by molar-refractivity contribution is 5.97. The van der Waals surface area contributed by atoms with Crippen LogP contribution in [0.5, 0.6) is 0 Å². The van der Waals surface area contributed by atoms with Crippen LogP contribution in [0.2, 0.25) is 0 Å². The number of benzene rings is 1. The van der Waals surface area contributed by atoms with Crippen molar-refractivity contribution in [2.45, 2.75) is 0 Å². The van der Waals surface area contributed by atoms with E-state index in [1.54, 1.807) is 12.3 Å². The van der Waals surface area contributed by atoms with Crippen LogP contribution in [0.4, 0.5) is 0 Å². The van der Waals surface area contributed by atoms with Crippen molar-refractivity contribution >= 4 is 16.8 Å². The van der Waals surface area contributed by atoms with E-state index in [4.69, 9.17) is 5.73 Å². The Morgan fingerprint density at radius 2 is 2.25 bits per heavy atom. The number of carbonyl (C=O) groups is 1. The van der Waals surface area contributed by atoms with Crippen LogP contribution in [0.15, 0.2) is 36.5 Å². The summed E-state index contributed by atoms with van der Waals surface area (Å²) in [6.07, 6.45) is 1.73. The molecule has 1 aromatic heterocycles. The lowest BCUT2D eigenvalue weighted by atomic mass is 10.1. The number of carbonyl (C=O) groups excluding carboxylic acids is 1. The second-order valence-electron chi connectivity index (χ2n) is 3.46. The van der Waals surface area contributed by atoms with Crippen molar-refractivity contribution in [3.8, 4) is 0 Å². The van der Waals surface area contributed by atoms with Gasteiger partial charge in [-0.05, 0) is 24.3 Å². The van der Waals surface area contributed by atoms with E-state index in [-0.39, 0.29) is 5.91 Å². The number of rotatable bonds is 3. The molecule has 0 bridgehead atoms. The van der Waals surface area contributed by atoms with Gasteiger partial charge in [-0.15, -0.1) is 0 Å². The molecule has 16 heavy (non-hydrogen) atoms. The van der Waals surface area contributed by atoms with Crippen LogP contribution < -0.4 is 11.1 Å². The van der Waals surface area contributed by atoms with Gasteiger partial charge in [0.25, 0.3) is 5.91 Å². The van der Waals surface area contributed by atoms with Crippen molar-refractivity contribution < 1.29 is 4.79 Å². The molecule has 0 aliphatic carbocycles. The van der Waals surface area contributed by atoms with Crippen molar-refractivity contribution in [3.63, 3.8) is 0 Å². The molecule has 0 saturated heterocycles. The molecule has 1 amide bonds.